The zero-order valence-corrected chi connectivity index (χ0v) is 8.96. The van der Waals surface area contributed by atoms with Crippen LogP contribution >= 0.6 is 0 Å². The molecule has 0 saturated carbocycles. The van der Waals surface area contributed by atoms with Crippen molar-refractivity contribution in [3.05, 3.63) is 35.4 Å². The highest BCUT2D eigenvalue weighted by Gasteiger charge is 2.00. The average Bonchev–Trinajstić information content (AvgIpc) is 2.26. The molecule has 1 atom stereocenters. The second kappa shape index (κ2) is 5.44. The highest BCUT2D eigenvalue weighted by molar-refractivity contribution is 5.32. The summed E-state index contributed by atoms with van der Waals surface area (Å²) >= 11 is 0. The van der Waals surface area contributed by atoms with Gasteiger partial charge in [0.1, 0.15) is 0 Å². The van der Waals surface area contributed by atoms with Crippen molar-refractivity contribution < 1.29 is 0 Å². The van der Waals surface area contributed by atoms with Crippen LogP contribution < -0.4 is 0 Å². The highest BCUT2D eigenvalue weighted by atomic mass is 14.2. The lowest BCUT2D eigenvalue weighted by atomic mass is 9.98. The molecule has 0 aromatic heterocycles. The number of rotatable bonds is 4. The summed E-state index contributed by atoms with van der Waals surface area (Å²) in [6, 6.07) is 10.1. The van der Waals surface area contributed by atoms with Crippen LogP contribution in [0.4, 0.5) is 0 Å². The molecule has 0 aliphatic rings. The third kappa shape index (κ3) is 3.22. The largest absolute Gasteiger partial charge is 0.192 e. The van der Waals surface area contributed by atoms with E-state index in [4.69, 9.17) is 5.26 Å². The minimum absolute atomic E-state index is 0.770. The SMILES string of the molecule is CCC(C)CCc1cccc(C#N)c1. The number of hydrogen-bond acceptors (Lipinski definition) is 1. The molecular weight excluding hydrogens is 170 g/mol. The molecule has 0 fully saturated rings. The van der Waals surface area contributed by atoms with Gasteiger partial charge in [-0.3, -0.25) is 0 Å². The van der Waals surface area contributed by atoms with Crippen molar-refractivity contribution in [3.63, 3.8) is 0 Å². The van der Waals surface area contributed by atoms with Gasteiger partial charge in [-0.25, -0.2) is 0 Å². The molecule has 0 heterocycles. The highest BCUT2D eigenvalue weighted by Crippen LogP contribution is 2.13. The van der Waals surface area contributed by atoms with Gasteiger partial charge in [-0.05, 0) is 36.5 Å². The Balaban J connectivity index is 2.55. The summed E-state index contributed by atoms with van der Waals surface area (Å²) in [6.45, 7) is 4.49. The Labute approximate surface area is 86.4 Å². The number of benzene rings is 1. The van der Waals surface area contributed by atoms with Crippen LogP contribution in [0.5, 0.6) is 0 Å². The zero-order chi connectivity index (χ0) is 10.4. The van der Waals surface area contributed by atoms with Crippen LogP contribution in [0.15, 0.2) is 24.3 Å². The maximum atomic E-state index is 8.74. The summed E-state index contributed by atoms with van der Waals surface area (Å²) in [4.78, 5) is 0. The first-order chi connectivity index (χ1) is 6.76. The van der Waals surface area contributed by atoms with E-state index in [0.717, 1.165) is 17.9 Å². The van der Waals surface area contributed by atoms with E-state index in [0.29, 0.717) is 0 Å². The van der Waals surface area contributed by atoms with Crippen LogP contribution in [0, 0.1) is 17.2 Å². The van der Waals surface area contributed by atoms with Crippen LogP contribution in [0.25, 0.3) is 0 Å². The van der Waals surface area contributed by atoms with E-state index in [1.165, 1.54) is 18.4 Å². The molecule has 1 unspecified atom stereocenters. The molecule has 74 valence electrons. The van der Waals surface area contributed by atoms with Gasteiger partial charge in [0.2, 0.25) is 0 Å². The fourth-order valence-electron chi connectivity index (χ4n) is 1.41. The van der Waals surface area contributed by atoms with E-state index in [2.05, 4.69) is 26.0 Å². The molecule has 1 heteroatoms. The van der Waals surface area contributed by atoms with Crippen LogP contribution in [0.3, 0.4) is 0 Å². The molecule has 0 saturated heterocycles. The van der Waals surface area contributed by atoms with Gasteiger partial charge in [-0.15, -0.1) is 0 Å². The monoisotopic (exact) mass is 187 g/mol. The van der Waals surface area contributed by atoms with Crippen LogP contribution in [0.1, 0.15) is 37.8 Å². The molecule has 1 aromatic rings. The summed E-state index contributed by atoms with van der Waals surface area (Å²) in [5.41, 5.74) is 2.05. The van der Waals surface area contributed by atoms with E-state index in [1.807, 2.05) is 18.2 Å². The van der Waals surface area contributed by atoms with Crippen molar-refractivity contribution in [2.75, 3.05) is 0 Å². The van der Waals surface area contributed by atoms with Crippen molar-refractivity contribution in [1.29, 1.82) is 5.26 Å². The van der Waals surface area contributed by atoms with Crippen LogP contribution in [0.2, 0.25) is 0 Å². The van der Waals surface area contributed by atoms with Gasteiger partial charge in [0.15, 0.2) is 0 Å². The molecule has 1 aromatic carbocycles. The normalized spacial score (nSPS) is 12.1. The maximum Gasteiger partial charge on any atom is 0.0991 e. The summed E-state index contributed by atoms with van der Waals surface area (Å²) < 4.78 is 0. The molecule has 0 spiro atoms. The first-order valence-electron chi connectivity index (χ1n) is 5.25. The number of nitriles is 1. The van der Waals surface area contributed by atoms with Crippen LogP contribution in [-0.2, 0) is 6.42 Å². The number of nitrogens with zero attached hydrogens (tertiary/aromatic N) is 1. The summed E-state index contributed by atoms with van der Waals surface area (Å²) in [5.74, 6) is 0.778. The van der Waals surface area contributed by atoms with E-state index >= 15 is 0 Å². The topological polar surface area (TPSA) is 23.8 Å². The Kier molecular flexibility index (Phi) is 4.19. The van der Waals surface area contributed by atoms with Crippen molar-refractivity contribution in [2.24, 2.45) is 5.92 Å². The predicted octanol–water partition coefficient (Wildman–Crippen LogP) is 3.54. The van der Waals surface area contributed by atoms with Crippen LogP contribution in [-0.4, -0.2) is 0 Å². The smallest absolute Gasteiger partial charge is 0.0991 e. The Morgan fingerprint density at radius 2 is 2.21 bits per heavy atom. The molecule has 0 radical (unpaired) electrons. The number of aryl methyl sites for hydroxylation is 1. The summed E-state index contributed by atoms with van der Waals surface area (Å²) in [7, 11) is 0. The van der Waals surface area contributed by atoms with Crippen molar-refractivity contribution in [2.45, 2.75) is 33.1 Å². The molecule has 0 N–H and O–H groups in total. The second-order valence-corrected chi connectivity index (χ2v) is 3.86. The van der Waals surface area contributed by atoms with Gasteiger partial charge in [0.05, 0.1) is 11.6 Å². The Morgan fingerprint density at radius 3 is 2.86 bits per heavy atom. The quantitative estimate of drug-likeness (QED) is 0.707. The minimum Gasteiger partial charge on any atom is -0.192 e. The standard InChI is InChI=1S/C13H17N/c1-3-11(2)7-8-12-5-4-6-13(9-12)10-14/h4-6,9,11H,3,7-8H2,1-2H3. The van der Waals surface area contributed by atoms with Crippen molar-refractivity contribution in [1.82, 2.24) is 0 Å². The van der Waals surface area contributed by atoms with E-state index < -0.39 is 0 Å². The Hall–Kier alpha value is -1.29. The lowest BCUT2D eigenvalue weighted by Crippen LogP contribution is -1.95. The van der Waals surface area contributed by atoms with Gasteiger partial charge >= 0.3 is 0 Å². The minimum atomic E-state index is 0.770. The van der Waals surface area contributed by atoms with Gasteiger partial charge in [-0.2, -0.15) is 5.26 Å². The fourth-order valence-corrected chi connectivity index (χ4v) is 1.41. The molecule has 0 aliphatic heterocycles. The van der Waals surface area contributed by atoms with E-state index in [-0.39, 0.29) is 0 Å². The van der Waals surface area contributed by atoms with Gasteiger partial charge < -0.3 is 0 Å². The lowest BCUT2D eigenvalue weighted by Gasteiger charge is -2.07. The molecule has 14 heavy (non-hydrogen) atoms. The summed E-state index contributed by atoms with van der Waals surface area (Å²) in [6.07, 6.45) is 3.54. The van der Waals surface area contributed by atoms with Crippen molar-refractivity contribution in [3.8, 4) is 6.07 Å². The third-order valence-electron chi connectivity index (χ3n) is 2.68. The molecule has 1 rings (SSSR count). The van der Waals surface area contributed by atoms with Crippen molar-refractivity contribution >= 4 is 0 Å². The predicted molar refractivity (Wildman–Crippen MR) is 58.9 cm³/mol. The lowest BCUT2D eigenvalue weighted by molar-refractivity contribution is 0.516. The van der Waals surface area contributed by atoms with Gasteiger partial charge in [0, 0.05) is 0 Å². The maximum absolute atomic E-state index is 8.74. The average molecular weight is 187 g/mol. The second-order valence-electron chi connectivity index (χ2n) is 3.86. The summed E-state index contributed by atoms with van der Waals surface area (Å²) in [5, 5.41) is 8.74. The molecule has 0 bridgehead atoms. The molecule has 0 aliphatic carbocycles. The Bertz CT molecular complexity index is 322. The number of hydrogen-bond donors (Lipinski definition) is 0. The Morgan fingerprint density at radius 1 is 1.43 bits per heavy atom. The zero-order valence-electron chi connectivity index (χ0n) is 8.96. The molecular formula is C13H17N. The first kappa shape index (κ1) is 10.8. The first-order valence-corrected chi connectivity index (χ1v) is 5.25. The fraction of sp³-hybridized carbons (Fsp3) is 0.462. The molecule has 0 amide bonds. The van der Waals surface area contributed by atoms with Gasteiger partial charge in [0.25, 0.3) is 0 Å². The van der Waals surface area contributed by atoms with Gasteiger partial charge in [-0.1, -0.05) is 32.4 Å². The van der Waals surface area contributed by atoms with E-state index in [9.17, 15) is 0 Å². The van der Waals surface area contributed by atoms with E-state index in [1.54, 1.807) is 0 Å². The molecule has 1 nitrogen and oxygen atoms in total. The third-order valence-corrected chi connectivity index (χ3v) is 2.68.